The first kappa shape index (κ1) is 17.4. The van der Waals surface area contributed by atoms with Crippen LogP contribution in [0.3, 0.4) is 0 Å². The molecule has 1 saturated heterocycles. The van der Waals surface area contributed by atoms with Gasteiger partial charge in [0.05, 0.1) is 5.54 Å². The summed E-state index contributed by atoms with van der Waals surface area (Å²) in [5, 5.41) is 3.34. The fraction of sp³-hybridized carbons (Fsp3) is 0.938. The Morgan fingerprint density at radius 3 is 2.65 bits per heavy atom. The molecule has 0 aromatic heterocycles. The number of piperidine rings is 1. The van der Waals surface area contributed by atoms with Gasteiger partial charge in [-0.25, -0.2) is 0 Å². The molecular formula is C16H33N3O. The smallest absolute Gasteiger partial charge is 0.237 e. The van der Waals surface area contributed by atoms with Crippen LogP contribution in [0.5, 0.6) is 0 Å². The average molecular weight is 283 g/mol. The Bertz CT molecular complexity index is 321. The van der Waals surface area contributed by atoms with E-state index in [-0.39, 0.29) is 5.91 Å². The van der Waals surface area contributed by atoms with E-state index in [2.05, 4.69) is 37.9 Å². The molecule has 0 radical (unpaired) electrons. The summed E-state index contributed by atoms with van der Waals surface area (Å²) in [5.74, 6) is 0.507. The number of amides is 1. The zero-order chi connectivity index (χ0) is 15.3. The van der Waals surface area contributed by atoms with E-state index in [1.165, 1.54) is 12.8 Å². The lowest BCUT2D eigenvalue weighted by Gasteiger charge is -2.43. The highest BCUT2D eigenvalue weighted by atomic mass is 16.1. The van der Waals surface area contributed by atoms with Crippen molar-refractivity contribution in [1.82, 2.24) is 10.2 Å². The highest BCUT2D eigenvalue weighted by molar-refractivity contribution is 5.84. The van der Waals surface area contributed by atoms with Gasteiger partial charge in [0.1, 0.15) is 0 Å². The fourth-order valence-electron chi connectivity index (χ4n) is 3.31. The molecule has 0 saturated carbocycles. The molecule has 118 valence electrons. The second-order valence-electron chi connectivity index (χ2n) is 6.90. The van der Waals surface area contributed by atoms with E-state index in [0.29, 0.717) is 12.1 Å². The molecule has 1 amide bonds. The minimum Gasteiger partial charge on any atom is -0.368 e. The van der Waals surface area contributed by atoms with Crippen LogP contribution >= 0.6 is 0 Å². The zero-order valence-electron chi connectivity index (χ0n) is 13.9. The molecule has 1 aliphatic rings. The van der Waals surface area contributed by atoms with E-state index < -0.39 is 5.54 Å². The largest absolute Gasteiger partial charge is 0.368 e. The molecule has 4 atom stereocenters. The van der Waals surface area contributed by atoms with Crippen LogP contribution in [-0.2, 0) is 4.79 Å². The third-order valence-electron chi connectivity index (χ3n) is 4.74. The van der Waals surface area contributed by atoms with Gasteiger partial charge in [0.2, 0.25) is 5.91 Å². The van der Waals surface area contributed by atoms with Gasteiger partial charge in [-0.05, 0) is 58.9 Å². The van der Waals surface area contributed by atoms with E-state index in [4.69, 9.17) is 5.73 Å². The van der Waals surface area contributed by atoms with E-state index in [9.17, 15) is 4.79 Å². The Balaban J connectivity index is 2.69. The first-order valence-electron chi connectivity index (χ1n) is 8.10. The average Bonchev–Trinajstić information content (AvgIpc) is 2.38. The van der Waals surface area contributed by atoms with Crippen molar-refractivity contribution in [3.8, 4) is 0 Å². The van der Waals surface area contributed by atoms with Crippen LogP contribution in [0.15, 0.2) is 0 Å². The summed E-state index contributed by atoms with van der Waals surface area (Å²) < 4.78 is 0. The lowest BCUT2D eigenvalue weighted by atomic mass is 9.88. The van der Waals surface area contributed by atoms with Gasteiger partial charge in [0, 0.05) is 18.6 Å². The molecule has 0 bridgehead atoms. The summed E-state index contributed by atoms with van der Waals surface area (Å²) in [6.07, 6.45) is 4.35. The predicted molar refractivity (Wildman–Crippen MR) is 84.5 cm³/mol. The number of rotatable bonds is 7. The van der Waals surface area contributed by atoms with E-state index in [1.807, 2.05) is 6.92 Å². The fourth-order valence-corrected chi connectivity index (χ4v) is 3.31. The van der Waals surface area contributed by atoms with Crippen LogP contribution in [0.1, 0.15) is 60.3 Å². The standard InChI is InChI=1S/C16H33N3O/c1-6-9-18-16(5,15(17)20)10-14(4)19-11-12(2)7-8-13(19)3/h12-14,18H,6-11H2,1-5H3,(H2,17,20). The maximum absolute atomic E-state index is 11.8. The van der Waals surface area contributed by atoms with Crippen LogP contribution in [0, 0.1) is 5.92 Å². The second-order valence-corrected chi connectivity index (χ2v) is 6.90. The van der Waals surface area contributed by atoms with Crippen molar-refractivity contribution in [2.75, 3.05) is 13.1 Å². The lowest BCUT2D eigenvalue weighted by molar-refractivity contribution is -0.124. The van der Waals surface area contributed by atoms with Crippen molar-refractivity contribution >= 4 is 5.91 Å². The predicted octanol–water partition coefficient (Wildman–Crippen LogP) is 2.13. The third-order valence-corrected chi connectivity index (χ3v) is 4.74. The van der Waals surface area contributed by atoms with Gasteiger partial charge < -0.3 is 11.1 Å². The first-order valence-corrected chi connectivity index (χ1v) is 8.10. The van der Waals surface area contributed by atoms with Crippen LogP contribution in [0.25, 0.3) is 0 Å². The SMILES string of the molecule is CCCNC(C)(CC(C)N1CC(C)CCC1C)C(N)=O. The second kappa shape index (κ2) is 7.41. The molecule has 0 aromatic rings. The molecule has 0 spiro atoms. The maximum atomic E-state index is 11.8. The number of hydrogen-bond donors (Lipinski definition) is 2. The molecule has 1 fully saturated rings. The van der Waals surface area contributed by atoms with Crippen LogP contribution in [0.2, 0.25) is 0 Å². The third kappa shape index (κ3) is 4.45. The molecule has 20 heavy (non-hydrogen) atoms. The van der Waals surface area contributed by atoms with Crippen LogP contribution in [0.4, 0.5) is 0 Å². The van der Waals surface area contributed by atoms with Gasteiger partial charge >= 0.3 is 0 Å². The van der Waals surface area contributed by atoms with Gasteiger partial charge in [-0.2, -0.15) is 0 Å². The zero-order valence-corrected chi connectivity index (χ0v) is 13.9. The van der Waals surface area contributed by atoms with Crippen molar-refractivity contribution < 1.29 is 4.79 Å². The number of likely N-dealkylation sites (tertiary alicyclic amines) is 1. The maximum Gasteiger partial charge on any atom is 0.237 e. The molecule has 4 unspecified atom stereocenters. The number of nitrogens with two attached hydrogens (primary N) is 1. The highest BCUT2D eigenvalue weighted by Crippen LogP contribution is 2.26. The van der Waals surface area contributed by atoms with Gasteiger partial charge in [-0.15, -0.1) is 0 Å². The topological polar surface area (TPSA) is 58.4 Å². The van der Waals surface area contributed by atoms with Crippen molar-refractivity contribution in [2.24, 2.45) is 11.7 Å². The number of carbonyl (C=O) groups is 1. The Morgan fingerprint density at radius 2 is 2.10 bits per heavy atom. The number of nitrogens with one attached hydrogen (secondary N) is 1. The number of primary amides is 1. The normalized spacial score (nSPS) is 28.9. The number of hydrogen-bond acceptors (Lipinski definition) is 3. The highest BCUT2D eigenvalue weighted by Gasteiger charge is 2.36. The Labute approximate surface area is 124 Å². The van der Waals surface area contributed by atoms with Crippen molar-refractivity contribution in [3.05, 3.63) is 0 Å². The van der Waals surface area contributed by atoms with Gasteiger partial charge in [0.25, 0.3) is 0 Å². The van der Waals surface area contributed by atoms with Crippen molar-refractivity contribution in [1.29, 1.82) is 0 Å². The van der Waals surface area contributed by atoms with Gasteiger partial charge in [-0.3, -0.25) is 9.69 Å². The Hall–Kier alpha value is -0.610. The quantitative estimate of drug-likeness (QED) is 0.752. The molecule has 0 aliphatic carbocycles. The molecule has 0 aromatic carbocycles. The summed E-state index contributed by atoms with van der Waals surface area (Å²) in [7, 11) is 0. The molecule has 4 nitrogen and oxygen atoms in total. The summed E-state index contributed by atoms with van der Waals surface area (Å²) in [5.41, 5.74) is 5.03. The van der Waals surface area contributed by atoms with Crippen LogP contribution in [-0.4, -0.2) is 41.5 Å². The molecular weight excluding hydrogens is 250 g/mol. The van der Waals surface area contributed by atoms with Gasteiger partial charge in [0.15, 0.2) is 0 Å². The van der Waals surface area contributed by atoms with Crippen LogP contribution < -0.4 is 11.1 Å². The minimum atomic E-state index is -0.601. The molecule has 3 N–H and O–H groups in total. The lowest BCUT2D eigenvalue weighted by Crippen LogP contribution is -2.58. The van der Waals surface area contributed by atoms with E-state index in [0.717, 1.165) is 31.8 Å². The Morgan fingerprint density at radius 1 is 1.45 bits per heavy atom. The molecule has 1 heterocycles. The molecule has 1 rings (SSSR count). The number of carbonyl (C=O) groups excluding carboxylic acids is 1. The minimum absolute atomic E-state index is 0.240. The summed E-state index contributed by atoms with van der Waals surface area (Å²) in [4.78, 5) is 14.4. The van der Waals surface area contributed by atoms with E-state index >= 15 is 0 Å². The first-order chi connectivity index (χ1) is 9.30. The van der Waals surface area contributed by atoms with Crippen molar-refractivity contribution in [2.45, 2.75) is 77.9 Å². The van der Waals surface area contributed by atoms with Gasteiger partial charge in [-0.1, -0.05) is 13.8 Å². The monoisotopic (exact) mass is 283 g/mol. The Kier molecular flexibility index (Phi) is 6.46. The summed E-state index contributed by atoms with van der Waals surface area (Å²) >= 11 is 0. The summed E-state index contributed by atoms with van der Waals surface area (Å²) in [6, 6.07) is 0.971. The van der Waals surface area contributed by atoms with Crippen molar-refractivity contribution in [3.63, 3.8) is 0 Å². The number of nitrogens with zero attached hydrogens (tertiary/aromatic N) is 1. The molecule has 1 aliphatic heterocycles. The molecule has 4 heteroatoms. The summed E-state index contributed by atoms with van der Waals surface area (Å²) in [6.45, 7) is 12.8. The van der Waals surface area contributed by atoms with E-state index in [1.54, 1.807) is 0 Å².